The van der Waals surface area contributed by atoms with Crippen LogP contribution in [0.2, 0.25) is 0 Å². The predicted octanol–water partition coefficient (Wildman–Crippen LogP) is 12.8. The van der Waals surface area contributed by atoms with E-state index in [1.54, 1.807) is 0 Å². The number of nitrogen functional groups attached to an aromatic ring is 1. The van der Waals surface area contributed by atoms with Crippen LogP contribution in [0.25, 0.3) is 54.6 Å². The molecular formula is C49H49N3. The first-order valence-electron chi connectivity index (χ1n) is 18.3. The van der Waals surface area contributed by atoms with E-state index in [-0.39, 0.29) is 5.84 Å². The maximum atomic E-state index is 7.01. The smallest absolute Gasteiger partial charge is 0.122 e. The van der Waals surface area contributed by atoms with E-state index in [1.165, 1.54) is 65.7 Å². The number of fused-ring (bicyclic) bond motifs is 6. The molecular weight excluding hydrogens is 631 g/mol. The van der Waals surface area contributed by atoms with Crippen molar-refractivity contribution in [2.45, 2.75) is 40.8 Å². The standard InChI is InChI=1S/C38H29N.C7H8N2.2C2H6/c1-2-10-27(11-3-1)25-39-26-28-12-8-13-29(22-28)30-14-9-15-31(23-30)32-20-21-37-35-18-5-4-16-33(35)34-17-6-7-19-36(34)38(37)24-32;8-7(9)6-4-2-1-3-5-6;2*1-2/h1-24,39H,25-26H2;1-5H,(H3,8,9);2*1-2H3. The van der Waals surface area contributed by atoms with Crippen LogP contribution >= 0.6 is 0 Å². The van der Waals surface area contributed by atoms with Gasteiger partial charge in [0.05, 0.1) is 0 Å². The molecule has 260 valence electrons. The van der Waals surface area contributed by atoms with Crippen LogP contribution < -0.4 is 11.1 Å². The van der Waals surface area contributed by atoms with Crippen molar-refractivity contribution in [1.82, 2.24) is 5.32 Å². The summed E-state index contributed by atoms with van der Waals surface area (Å²) in [5, 5.41) is 18.4. The Kier molecular flexibility index (Phi) is 13.5. The zero-order valence-electron chi connectivity index (χ0n) is 30.7. The summed E-state index contributed by atoms with van der Waals surface area (Å²) in [4.78, 5) is 0. The molecule has 8 aromatic rings. The number of hydrogen-bond donors (Lipinski definition) is 3. The second-order valence-electron chi connectivity index (χ2n) is 12.0. The molecule has 0 aromatic heterocycles. The molecule has 0 spiro atoms. The highest BCUT2D eigenvalue weighted by Gasteiger charge is 2.10. The van der Waals surface area contributed by atoms with Gasteiger partial charge in [-0.3, -0.25) is 5.41 Å². The molecule has 0 aliphatic rings. The predicted molar refractivity (Wildman–Crippen MR) is 227 cm³/mol. The van der Waals surface area contributed by atoms with E-state index in [1.807, 2.05) is 58.0 Å². The minimum Gasteiger partial charge on any atom is -0.384 e. The summed E-state index contributed by atoms with van der Waals surface area (Å²) in [5.74, 6) is 0.121. The highest BCUT2D eigenvalue weighted by atomic mass is 14.8. The molecule has 0 fully saturated rings. The summed E-state index contributed by atoms with van der Waals surface area (Å²) in [6.45, 7) is 9.71. The van der Waals surface area contributed by atoms with Gasteiger partial charge in [-0.05, 0) is 83.9 Å². The normalized spacial score (nSPS) is 10.3. The number of nitrogens with one attached hydrogen (secondary N) is 2. The van der Waals surface area contributed by atoms with E-state index in [0.29, 0.717) is 0 Å². The average Bonchev–Trinajstić information content (AvgIpc) is 3.23. The molecule has 0 radical (unpaired) electrons. The van der Waals surface area contributed by atoms with Crippen LogP contribution in [0.1, 0.15) is 44.4 Å². The molecule has 0 unspecified atom stereocenters. The number of benzene rings is 8. The molecule has 0 aliphatic carbocycles. The van der Waals surface area contributed by atoms with Crippen LogP contribution in [0, 0.1) is 5.41 Å². The summed E-state index contributed by atoms with van der Waals surface area (Å²) in [6, 6.07) is 62.0. The second kappa shape index (κ2) is 18.8. The lowest BCUT2D eigenvalue weighted by atomic mass is 9.91. The fourth-order valence-electron chi connectivity index (χ4n) is 6.39. The van der Waals surface area contributed by atoms with Crippen LogP contribution in [-0.4, -0.2) is 5.84 Å². The highest BCUT2D eigenvalue weighted by Crippen LogP contribution is 2.37. The van der Waals surface area contributed by atoms with Gasteiger partial charge in [-0.2, -0.15) is 0 Å². The molecule has 52 heavy (non-hydrogen) atoms. The molecule has 0 saturated heterocycles. The van der Waals surface area contributed by atoms with Crippen molar-refractivity contribution in [3.8, 4) is 22.3 Å². The maximum absolute atomic E-state index is 7.01. The molecule has 0 heterocycles. The van der Waals surface area contributed by atoms with Crippen molar-refractivity contribution in [3.05, 3.63) is 193 Å². The Morgan fingerprint density at radius 1 is 0.404 bits per heavy atom. The molecule has 0 aliphatic heterocycles. The summed E-state index contributed by atoms with van der Waals surface area (Å²) in [6.07, 6.45) is 0. The van der Waals surface area contributed by atoms with Crippen molar-refractivity contribution < 1.29 is 0 Å². The van der Waals surface area contributed by atoms with E-state index in [0.717, 1.165) is 18.7 Å². The Morgan fingerprint density at radius 2 is 0.808 bits per heavy atom. The van der Waals surface area contributed by atoms with E-state index in [2.05, 4.69) is 151 Å². The fraction of sp³-hybridized carbons (Fsp3) is 0.122. The highest BCUT2D eigenvalue weighted by molar-refractivity contribution is 6.25. The molecule has 0 atom stereocenters. The largest absolute Gasteiger partial charge is 0.384 e. The van der Waals surface area contributed by atoms with Crippen LogP contribution in [-0.2, 0) is 13.1 Å². The Labute approximate surface area is 309 Å². The Bertz CT molecular complexity index is 2310. The van der Waals surface area contributed by atoms with Crippen molar-refractivity contribution >= 4 is 38.2 Å². The Balaban J connectivity index is 0.000000346. The first-order chi connectivity index (χ1) is 25.6. The second-order valence-corrected chi connectivity index (χ2v) is 12.0. The lowest BCUT2D eigenvalue weighted by molar-refractivity contribution is 0.693. The molecule has 0 saturated carbocycles. The van der Waals surface area contributed by atoms with Crippen molar-refractivity contribution in [1.29, 1.82) is 5.41 Å². The lowest BCUT2D eigenvalue weighted by Gasteiger charge is -2.13. The third kappa shape index (κ3) is 9.00. The van der Waals surface area contributed by atoms with Gasteiger partial charge in [-0.1, -0.05) is 185 Å². The van der Waals surface area contributed by atoms with Gasteiger partial charge >= 0.3 is 0 Å². The van der Waals surface area contributed by atoms with Gasteiger partial charge < -0.3 is 11.1 Å². The number of rotatable bonds is 7. The first kappa shape index (κ1) is 37.2. The Morgan fingerprint density at radius 3 is 1.35 bits per heavy atom. The van der Waals surface area contributed by atoms with Crippen LogP contribution in [0.4, 0.5) is 0 Å². The number of nitrogens with two attached hydrogens (primary N) is 1. The summed E-state index contributed by atoms with van der Waals surface area (Å²) >= 11 is 0. The molecule has 3 nitrogen and oxygen atoms in total. The topological polar surface area (TPSA) is 61.9 Å². The van der Waals surface area contributed by atoms with Gasteiger partial charge in [-0.25, -0.2) is 0 Å². The van der Waals surface area contributed by atoms with E-state index < -0.39 is 0 Å². The van der Waals surface area contributed by atoms with Gasteiger partial charge in [0.2, 0.25) is 0 Å². The van der Waals surface area contributed by atoms with Crippen molar-refractivity contribution in [3.63, 3.8) is 0 Å². The average molecular weight is 680 g/mol. The molecule has 8 aromatic carbocycles. The van der Waals surface area contributed by atoms with Crippen molar-refractivity contribution in [2.75, 3.05) is 0 Å². The van der Waals surface area contributed by atoms with Gasteiger partial charge in [0.15, 0.2) is 0 Å². The number of hydrogen-bond acceptors (Lipinski definition) is 2. The van der Waals surface area contributed by atoms with E-state index in [9.17, 15) is 0 Å². The molecule has 4 N–H and O–H groups in total. The van der Waals surface area contributed by atoms with E-state index >= 15 is 0 Å². The van der Waals surface area contributed by atoms with Gasteiger partial charge in [0.1, 0.15) is 5.84 Å². The Hall–Kier alpha value is -6.03. The zero-order valence-corrected chi connectivity index (χ0v) is 30.7. The van der Waals surface area contributed by atoms with Gasteiger partial charge in [0.25, 0.3) is 0 Å². The zero-order chi connectivity index (χ0) is 36.7. The first-order valence-corrected chi connectivity index (χ1v) is 18.3. The summed E-state index contributed by atoms with van der Waals surface area (Å²) < 4.78 is 0. The minimum atomic E-state index is 0.121. The molecule has 8 rings (SSSR count). The molecule has 3 heteroatoms. The summed E-state index contributed by atoms with van der Waals surface area (Å²) in [7, 11) is 0. The third-order valence-corrected chi connectivity index (χ3v) is 8.79. The quantitative estimate of drug-likeness (QED) is 0.0892. The van der Waals surface area contributed by atoms with Crippen LogP contribution in [0.5, 0.6) is 0 Å². The van der Waals surface area contributed by atoms with Crippen molar-refractivity contribution in [2.24, 2.45) is 5.73 Å². The molecule has 0 amide bonds. The van der Waals surface area contributed by atoms with Gasteiger partial charge in [-0.15, -0.1) is 0 Å². The van der Waals surface area contributed by atoms with Crippen LogP contribution in [0.3, 0.4) is 0 Å². The van der Waals surface area contributed by atoms with E-state index in [4.69, 9.17) is 11.1 Å². The maximum Gasteiger partial charge on any atom is 0.122 e. The lowest BCUT2D eigenvalue weighted by Crippen LogP contribution is -2.12. The SMILES string of the molecule is CC.CC.N=C(N)c1ccccc1.c1ccc(CNCc2cccc(-c3cccc(-c4ccc5c6ccccc6c6ccccc6c5c4)c3)c2)cc1. The fourth-order valence-corrected chi connectivity index (χ4v) is 6.39. The third-order valence-electron chi connectivity index (χ3n) is 8.79. The van der Waals surface area contributed by atoms with Crippen LogP contribution in [0.15, 0.2) is 176 Å². The number of amidine groups is 1. The monoisotopic (exact) mass is 679 g/mol. The van der Waals surface area contributed by atoms with Gasteiger partial charge in [0, 0.05) is 18.7 Å². The minimum absolute atomic E-state index is 0.121. The molecule has 0 bridgehead atoms. The summed E-state index contributed by atoms with van der Waals surface area (Å²) in [5.41, 5.74) is 13.5.